The summed E-state index contributed by atoms with van der Waals surface area (Å²) in [5, 5.41) is 1.76. The second-order valence-electron chi connectivity index (χ2n) is 4.75. The van der Waals surface area contributed by atoms with Gasteiger partial charge in [-0.1, -0.05) is 36.7 Å². The number of hydrogen-bond donors (Lipinski definition) is 0. The van der Waals surface area contributed by atoms with Gasteiger partial charge in [0.05, 0.1) is 11.6 Å². The summed E-state index contributed by atoms with van der Waals surface area (Å²) in [6.45, 7) is 4.02. The Hall–Kier alpha value is -1.80. The van der Waals surface area contributed by atoms with E-state index in [0.717, 1.165) is 21.5 Å². The van der Waals surface area contributed by atoms with Crippen LogP contribution in [-0.4, -0.2) is 4.57 Å². The highest BCUT2D eigenvalue weighted by molar-refractivity contribution is 6.35. The van der Waals surface area contributed by atoms with Gasteiger partial charge in [0.15, 0.2) is 0 Å². The summed E-state index contributed by atoms with van der Waals surface area (Å²) in [6.07, 6.45) is 2.69. The van der Waals surface area contributed by atoms with E-state index in [-0.39, 0.29) is 11.9 Å². The molecule has 3 aromatic rings. The van der Waals surface area contributed by atoms with Gasteiger partial charge in [-0.15, -0.1) is 0 Å². The molecular formula is C17H14ClFN. The molecule has 0 bridgehead atoms. The molecule has 1 heterocycles. The molecule has 2 aromatic carbocycles. The smallest absolute Gasteiger partial charge is 0.123 e. The average molecular weight is 287 g/mol. The van der Waals surface area contributed by atoms with Crippen molar-refractivity contribution < 1.29 is 4.39 Å². The molecule has 1 nitrogen and oxygen atoms in total. The number of aromatic nitrogens is 1. The summed E-state index contributed by atoms with van der Waals surface area (Å²) >= 11 is 6.21. The van der Waals surface area contributed by atoms with E-state index in [0.29, 0.717) is 6.42 Å². The summed E-state index contributed by atoms with van der Waals surface area (Å²) in [6, 6.07) is 14.5. The highest BCUT2D eigenvalue weighted by atomic mass is 35.5. The molecule has 0 aliphatic heterocycles. The fourth-order valence-electron chi connectivity index (χ4n) is 2.57. The normalized spacial score (nSPS) is 12.8. The standard InChI is InChI=1S/C17H14ClFN/c1-2-16(12-6-8-13(19)9-7-12)20-11-10-14-15(18)4-3-5-17(14)20/h3-11,16H,1-2H2. The van der Waals surface area contributed by atoms with Crippen LogP contribution in [0.2, 0.25) is 5.02 Å². The van der Waals surface area contributed by atoms with Gasteiger partial charge in [-0.25, -0.2) is 4.39 Å². The van der Waals surface area contributed by atoms with Crippen LogP contribution in [0, 0.1) is 12.7 Å². The molecule has 0 N–H and O–H groups in total. The summed E-state index contributed by atoms with van der Waals surface area (Å²) in [7, 11) is 0. The monoisotopic (exact) mass is 286 g/mol. The molecule has 0 amide bonds. The molecule has 0 spiro atoms. The third-order valence-corrected chi connectivity index (χ3v) is 3.90. The van der Waals surface area contributed by atoms with Crippen molar-refractivity contribution in [1.82, 2.24) is 4.57 Å². The van der Waals surface area contributed by atoms with Crippen molar-refractivity contribution in [3.05, 3.63) is 78.1 Å². The zero-order valence-electron chi connectivity index (χ0n) is 10.9. The zero-order valence-corrected chi connectivity index (χ0v) is 11.6. The minimum atomic E-state index is -0.225. The van der Waals surface area contributed by atoms with Gasteiger partial charge in [-0.05, 0) is 42.3 Å². The molecule has 0 saturated heterocycles. The van der Waals surface area contributed by atoms with Crippen molar-refractivity contribution >= 4 is 22.5 Å². The molecule has 1 unspecified atom stereocenters. The largest absolute Gasteiger partial charge is 0.340 e. The first-order valence-corrected chi connectivity index (χ1v) is 6.88. The molecule has 0 aliphatic rings. The summed E-state index contributed by atoms with van der Waals surface area (Å²) in [4.78, 5) is 0. The van der Waals surface area contributed by atoms with Crippen molar-refractivity contribution in [3.8, 4) is 0 Å². The Kier molecular flexibility index (Phi) is 3.49. The molecule has 1 radical (unpaired) electrons. The first-order valence-electron chi connectivity index (χ1n) is 6.50. The van der Waals surface area contributed by atoms with Gasteiger partial charge in [-0.2, -0.15) is 0 Å². The number of rotatable bonds is 3. The molecule has 1 atom stereocenters. The Labute approximate surface area is 122 Å². The zero-order chi connectivity index (χ0) is 14.1. The van der Waals surface area contributed by atoms with Crippen LogP contribution in [-0.2, 0) is 0 Å². The first-order chi connectivity index (χ1) is 9.70. The molecule has 0 saturated carbocycles. The van der Waals surface area contributed by atoms with Gasteiger partial charge in [0, 0.05) is 16.6 Å². The maximum Gasteiger partial charge on any atom is 0.123 e. The fourth-order valence-corrected chi connectivity index (χ4v) is 2.81. The van der Waals surface area contributed by atoms with E-state index < -0.39 is 0 Å². The van der Waals surface area contributed by atoms with Gasteiger partial charge in [0.25, 0.3) is 0 Å². The Morgan fingerprint density at radius 2 is 1.85 bits per heavy atom. The van der Waals surface area contributed by atoms with Gasteiger partial charge >= 0.3 is 0 Å². The number of hydrogen-bond acceptors (Lipinski definition) is 0. The summed E-state index contributed by atoms with van der Waals surface area (Å²) in [5.74, 6) is -0.225. The van der Waals surface area contributed by atoms with Crippen molar-refractivity contribution in [2.75, 3.05) is 0 Å². The lowest BCUT2D eigenvalue weighted by Gasteiger charge is -2.19. The van der Waals surface area contributed by atoms with Crippen LogP contribution in [0.25, 0.3) is 10.9 Å². The Balaban J connectivity index is 2.12. The maximum absolute atomic E-state index is 13.1. The molecule has 3 heteroatoms. The van der Waals surface area contributed by atoms with Crippen LogP contribution in [0.3, 0.4) is 0 Å². The summed E-state index contributed by atoms with van der Waals surface area (Å²) in [5.41, 5.74) is 2.11. The first kappa shape index (κ1) is 13.2. The molecule has 0 fully saturated rings. The van der Waals surface area contributed by atoms with Crippen LogP contribution in [0.5, 0.6) is 0 Å². The molecule has 0 aliphatic carbocycles. The lowest BCUT2D eigenvalue weighted by Crippen LogP contribution is -2.08. The van der Waals surface area contributed by atoms with E-state index in [9.17, 15) is 4.39 Å². The average Bonchev–Trinajstić information content (AvgIpc) is 2.87. The molecule has 20 heavy (non-hydrogen) atoms. The second kappa shape index (κ2) is 5.29. The van der Waals surface area contributed by atoms with Crippen LogP contribution in [0.1, 0.15) is 18.0 Å². The van der Waals surface area contributed by atoms with E-state index in [1.54, 1.807) is 0 Å². The van der Waals surface area contributed by atoms with Crippen LogP contribution in [0.15, 0.2) is 54.7 Å². The van der Waals surface area contributed by atoms with Crippen LogP contribution >= 0.6 is 11.6 Å². The number of fused-ring (bicyclic) bond motifs is 1. The van der Waals surface area contributed by atoms with Gasteiger partial charge < -0.3 is 4.57 Å². The molecule has 1 aromatic heterocycles. The molecular weight excluding hydrogens is 273 g/mol. The Bertz CT molecular complexity index is 730. The summed E-state index contributed by atoms with van der Waals surface area (Å²) < 4.78 is 15.2. The molecule has 101 valence electrons. The number of benzene rings is 2. The van der Waals surface area contributed by atoms with E-state index in [2.05, 4.69) is 11.5 Å². The quantitative estimate of drug-likeness (QED) is 0.620. The fraction of sp³-hybridized carbons (Fsp3) is 0.118. The number of halogens is 2. The molecule has 3 rings (SSSR count). The predicted octanol–water partition coefficient (Wildman–Crippen LogP) is 5.25. The van der Waals surface area contributed by atoms with E-state index >= 15 is 0 Å². The van der Waals surface area contributed by atoms with Crippen molar-refractivity contribution in [2.24, 2.45) is 0 Å². The minimum Gasteiger partial charge on any atom is -0.340 e. The minimum absolute atomic E-state index is 0.0755. The van der Waals surface area contributed by atoms with Crippen LogP contribution < -0.4 is 0 Å². The topological polar surface area (TPSA) is 4.93 Å². The highest BCUT2D eigenvalue weighted by Gasteiger charge is 2.14. The third kappa shape index (κ3) is 2.20. The van der Waals surface area contributed by atoms with E-state index in [1.807, 2.05) is 42.6 Å². The highest BCUT2D eigenvalue weighted by Crippen LogP contribution is 2.30. The van der Waals surface area contributed by atoms with Crippen LogP contribution in [0.4, 0.5) is 4.39 Å². The van der Waals surface area contributed by atoms with Crippen molar-refractivity contribution in [1.29, 1.82) is 0 Å². The van der Waals surface area contributed by atoms with E-state index in [4.69, 9.17) is 11.6 Å². The Morgan fingerprint density at radius 1 is 1.10 bits per heavy atom. The second-order valence-corrected chi connectivity index (χ2v) is 5.16. The van der Waals surface area contributed by atoms with Crippen molar-refractivity contribution in [3.63, 3.8) is 0 Å². The lowest BCUT2D eigenvalue weighted by atomic mass is 10.0. The third-order valence-electron chi connectivity index (χ3n) is 3.57. The van der Waals surface area contributed by atoms with Crippen molar-refractivity contribution in [2.45, 2.75) is 12.5 Å². The van der Waals surface area contributed by atoms with Gasteiger partial charge in [0.2, 0.25) is 0 Å². The predicted molar refractivity (Wildman–Crippen MR) is 81.5 cm³/mol. The SMILES string of the molecule is [CH2]CC(c1ccc(F)cc1)n1ccc2c(Cl)cccc21. The van der Waals surface area contributed by atoms with E-state index in [1.165, 1.54) is 12.1 Å². The Morgan fingerprint density at radius 3 is 2.55 bits per heavy atom. The maximum atomic E-state index is 13.1. The number of nitrogens with zero attached hydrogens (tertiary/aromatic N) is 1. The van der Waals surface area contributed by atoms with Gasteiger partial charge in [0.1, 0.15) is 5.82 Å². The van der Waals surface area contributed by atoms with Gasteiger partial charge in [-0.3, -0.25) is 0 Å². The lowest BCUT2D eigenvalue weighted by molar-refractivity contribution is 0.601.